The first kappa shape index (κ1) is 13.7. The highest BCUT2D eigenvalue weighted by Crippen LogP contribution is 2.25. The molecule has 0 aliphatic carbocycles. The monoisotopic (exact) mass is 328 g/mol. The first-order valence-corrected chi connectivity index (χ1v) is 7.31. The molecule has 0 aliphatic rings. The molecule has 18 heavy (non-hydrogen) atoms. The molecule has 2 nitrogen and oxygen atoms in total. The molecule has 5 heteroatoms. The molecule has 1 atom stereocenters. The summed E-state index contributed by atoms with van der Waals surface area (Å²) < 4.78 is 14.6. The first-order valence-electron chi connectivity index (χ1n) is 5.64. The lowest BCUT2D eigenvalue weighted by atomic mass is 10.0. The fourth-order valence-corrected chi connectivity index (χ4v) is 2.91. The topological polar surface area (TPSA) is 38.0 Å². The summed E-state index contributed by atoms with van der Waals surface area (Å²) in [6, 6.07) is 8.98. The number of halogens is 2. The van der Waals surface area contributed by atoms with E-state index in [1.165, 1.54) is 10.9 Å². The van der Waals surface area contributed by atoms with Gasteiger partial charge in [-0.25, -0.2) is 4.39 Å². The van der Waals surface area contributed by atoms with Gasteiger partial charge in [-0.3, -0.25) is 11.3 Å². The summed E-state index contributed by atoms with van der Waals surface area (Å²) in [5, 5.41) is 2.04. The molecule has 1 aromatic heterocycles. The summed E-state index contributed by atoms with van der Waals surface area (Å²) in [4.78, 5) is 1.28. The molecule has 1 aromatic carbocycles. The Morgan fingerprint density at radius 1 is 1.39 bits per heavy atom. The minimum atomic E-state index is -0.237. The molecule has 0 fully saturated rings. The third-order valence-corrected chi connectivity index (χ3v) is 4.23. The molecule has 96 valence electrons. The summed E-state index contributed by atoms with van der Waals surface area (Å²) in [6.07, 6.45) is 1.66. The van der Waals surface area contributed by atoms with E-state index in [0.29, 0.717) is 5.56 Å². The Kier molecular flexibility index (Phi) is 4.88. The Morgan fingerprint density at radius 3 is 2.83 bits per heavy atom. The van der Waals surface area contributed by atoms with Crippen LogP contribution < -0.4 is 11.3 Å². The van der Waals surface area contributed by atoms with E-state index >= 15 is 0 Å². The van der Waals surface area contributed by atoms with E-state index in [1.54, 1.807) is 17.4 Å². The fourth-order valence-electron chi connectivity index (χ4n) is 1.85. The van der Waals surface area contributed by atoms with Crippen LogP contribution in [0.25, 0.3) is 0 Å². The molecule has 0 amide bonds. The van der Waals surface area contributed by atoms with E-state index in [4.69, 9.17) is 5.84 Å². The number of nitrogens with two attached hydrogens (primary N) is 1. The van der Waals surface area contributed by atoms with E-state index in [1.807, 2.05) is 17.5 Å². The molecule has 3 N–H and O–H groups in total. The number of rotatable bonds is 5. The zero-order chi connectivity index (χ0) is 13.0. The Labute approximate surface area is 118 Å². The second kappa shape index (κ2) is 6.43. The number of hydrogen-bond donors (Lipinski definition) is 2. The second-order valence-corrected chi connectivity index (χ2v) is 5.95. The number of thiophene rings is 1. The summed E-state index contributed by atoms with van der Waals surface area (Å²) in [7, 11) is 0. The number of hydrazine groups is 1. The molecule has 0 bridgehead atoms. The van der Waals surface area contributed by atoms with E-state index in [9.17, 15) is 4.39 Å². The molecule has 0 saturated carbocycles. The van der Waals surface area contributed by atoms with Gasteiger partial charge in [0.2, 0.25) is 0 Å². The van der Waals surface area contributed by atoms with Gasteiger partial charge in [-0.2, -0.15) is 0 Å². The van der Waals surface area contributed by atoms with Gasteiger partial charge in [0, 0.05) is 21.0 Å². The number of benzene rings is 1. The van der Waals surface area contributed by atoms with Crippen LogP contribution in [0.1, 0.15) is 22.9 Å². The van der Waals surface area contributed by atoms with Crippen LogP contribution in [0.2, 0.25) is 0 Å². The van der Waals surface area contributed by atoms with Crippen LogP contribution in [-0.2, 0) is 6.42 Å². The molecule has 0 spiro atoms. The highest BCUT2D eigenvalue weighted by atomic mass is 79.9. The highest BCUT2D eigenvalue weighted by molar-refractivity contribution is 9.10. The van der Waals surface area contributed by atoms with Gasteiger partial charge >= 0.3 is 0 Å². The fraction of sp³-hybridized carbons (Fsp3) is 0.231. The maximum atomic E-state index is 13.8. The Balaban J connectivity index is 2.08. The molecule has 2 aromatic rings. The van der Waals surface area contributed by atoms with Crippen molar-refractivity contribution in [3.05, 3.63) is 56.4 Å². The van der Waals surface area contributed by atoms with Gasteiger partial charge in [0.1, 0.15) is 5.82 Å². The lowest BCUT2D eigenvalue weighted by Gasteiger charge is -2.16. The van der Waals surface area contributed by atoms with E-state index in [-0.39, 0.29) is 11.9 Å². The predicted octanol–water partition coefficient (Wildman–Crippen LogP) is 3.79. The van der Waals surface area contributed by atoms with Gasteiger partial charge in [-0.15, -0.1) is 11.3 Å². The third kappa shape index (κ3) is 3.38. The van der Waals surface area contributed by atoms with Crippen molar-refractivity contribution >= 4 is 27.3 Å². The van der Waals surface area contributed by atoms with Crippen LogP contribution in [0.3, 0.4) is 0 Å². The van der Waals surface area contributed by atoms with Gasteiger partial charge in [0.05, 0.1) is 0 Å². The van der Waals surface area contributed by atoms with E-state index in [2.05, 4.69) is 27.4 Å². The summed E-state index contributed by atoms with van der Waals surface area (Å²) in [6.45, 7) is 0. The average Bonchev–Trinajstić information content (AvgIpc) is 2.85. The maximum absolute atomic E-state index is 13.8. The lowest BCUT2D eigenvalue weighted by Crippen LogP contribution is -2.29. The molecule has 0 radical (unpaired) electrons. The van der Waals surface area contributed by atoms with Crippen molar-refractivity contribution in [1.82, 2.24) is 5.43 Å². The molecule has 0 saturated heterocycles. The van der Waals surface area contributed by atoms with Crippen molar-refractivity contribution < 1.29 is 4.39 Å². The van der Waals surface area contributed by atoms with Crippen molar-refractivity contribution in [3.63, 3.8) is 0 Å². The van der Waals surface area contributed by atoms with Crippen LogP contribution in [-0.4, -0.2) is 0 Å². The summed E-state index contributed by atoms with van der Waals surface area (Å²) in [5.74, 6) is 5.29. The Bertz CT molecular complexity index is 502. The second-order valence-electron chi connectivity index (χ2n) is 4.00. The van der Waals surface area contributed by atoms with Crippen molar-refractivity contribution in [2.45, 2.75) is 18.9 Å². The van der Waals surface area contributed by atoms with Crippen LogP contribution in [0.15, 0.2) is 40.2 Å². The van der Waals surface area contributed by atoms with Crippen molar-refractivity contribution in [1.29, 1.82) is 0 Å². The largest absolute Gasteiger partial charge is 0.271 e. The van der Waals surface area contributed by atoms with Crippen LogP contribution in [0.5, 0.6) is 0 Å². The molecular weight excluding hydrogens is 315 g/mol. The van der Waals surface area contributed by atoms with E-state index < -0.39 is 0 Å². The maximum Gasteiger partial charge on any atom is 0.129 e. The number of nitrogens with one attached hydrogen (secondary N) is 1. The van der Waals surface area contributed by atoms with Gasteiger partial charge in [0.25, 0.3) is 0 Å². The number of hydrogen-bond acceptors (Lipinski definition) is 3. The summed E-state index contributed by atoms with van der Waals surface area (Å²) in [5.41, 5.74) is 3.30. The first-order chi connectivity index (χ1) is 8.70. The van der Waals surface area contributed by atoms with Crippen LogP contribution in [0.4, 0.5) is 4.39 Å². The van der Waals surface area contributed by atoms with Gasteiger partial charge in [0.15, 0.2) is 0 Å². The predicted molar refractivity (Wildman–Crippen MR) is 76.8 cm³/mol. The molecular formula is C13H14BrFN2S. The average molecular weight is 329 g/mol. The Morgan fingerprint density at radius 2 is 2.22 bits per heavy atom. The zero-order valence-electron chi connectivity index (χ0n) is 9.70. The SMILES string of the molecule is NNC(CCc1cccs1)c1ccc(Br)cc1F. The van der Waals surface area contributed by atoms with Crippen LogP contribution in [0, 0.1) is 5.82 Å². The standard InChI is InChI=1S/C13H14BrFN2S/c14-9-3-5-11(12(15)8-9)13(17-16)6-4-10-2-1-7-18-10/h1-3,5,7-8,13,17H,4,6,16H2. The third-order valence-electron chi connectivity index (χ3n) is 2.80. The van der Waals surface area contributed by atoms with E-state index in [0.717, 1.165) is 17.3 Å². The molecule has 1 heterocycles. The van der Waals surface area contributed by atoms with Gasteiger partial charge in [-0.1, -0.05) is 28.1 Å². The Hall–Kier alpha value is -0.750. The molecule has 1 unspecified atom stereocenters. The summed E-state index contributed by atoms with van der Waals surface area (Å²) >= 11 is 4.96. The van der Waals surface area contributed by atoms with Crippen LogP contribution >= 0.6 is 27.3 Å². The lowest BCUT2D eigenvalue weighted by molar-refractivity contribution is 0.486. The van der Waals surface area contributed by atoms with Crippen molar-refractivity contribution in [3.8, 4) is 0 Å². The quantitative estimate of drug-likeness (QED) is 0.647. The minimum absolute atomic E-state index is 0.166. The van der Waals surface area contributed by atoms with Gasteiger partial charge < -0.3 is 0 Å². The smallest absolute Gasteiger partial charge is 0.129 e. The normalized spacial score (nSPS) is 12.6. The molecule has 0 aliphatic heterocycles. The van der Waals surface area contributed by atoms with Crippen molar-refractivity contribution in [2.24, 2.45) is 5.84 Å². The zero-order valence-corrected chi connectivity index (χ0v) is 12.1. The molecule has 2 rings (SSSR count). The number of aryl methyl sites for hydroxylation is 1. The van der Waals surface area contributed by atoms with Gasteiger partial charge in [-0.05, 0) is 36.4 Å². The van der Waals surface area contributed by atoms with Crippen molar-refractivity contribution in [2.75, 3.05) is 0 Å². The highest BCUT2D eigenvalue weighted by Gasteiger charge is 2.14. The minimum Gasteiger partial charge on any atom is -0.271 e.